The summed E-state index contributed by atoms with van der Waals surface area (Å²) in [4.78, 5) is 30.5. The Kier molecular flexibility index (Phi) is 7.07. The zero-order valence-electron chi connectivity index (χ0n) is 20.5. The van der Waals surface area contributed by atoms with Gasteiger partial charge >= 0.3 is 6.36 Å². The molecule has 1 N–H and O–H groups in total. The van der Waals surface area contributed by atoms with E-state index in [4.69, 9.17) is 9.73 Å². The Bertz CT molecular complexity index is 1360. The molecule has 0 spiro atoms. The molecule has 0 saturated carbocycles. The number of para-hydroxylation sites is 1. The van der Waals surface area contributed by atoms with E-state index in [9.17, 15) is 22.8 Å². The molecule has 3 aromatic carbocycles. The summed E-state index contributed by atoms with van der Waals surface area (Å²) in [5.41, 5.74) is 2.76. The normalized spacial score (nSPS) is 14.3. The van der Waals surface area contributed by atoms with E-state index < -0.39 is 18.0 Å². The molecular weight excluding hydrogens is 485 g/mol. The highest BCUT2D eigenvalue weighted by molar-refractivity contribution is 6.17. The summed E-state index contributed by atoms with van der Waals surface area (Å²) in [6.45, 7) is 4.03. The Balaban J connectivity index is 1.49. The third-order valence-electron chi connectivity index (χ3n) is 5.84. The van der Waals surface area contributed by atoms with Crippen LogP contribution in [0.4, 0.5) is 18.9 Å². The number of methoxy groups -OCH3 is 1. The van der Waals surface area contributed by atoms with Gasteiger partial charge in [0, 0.05) is 16.8 Å². The predicted molar refractivity (Wildman–Crippen MR) is 134 cm³/mol. The molecule has 0 unspecified atom stereocenters. The van der Waals surface area contributed by atoms with Gasteiger partial charge in [-0.2, -0.15) is 0 Å². The van der Waals surface area contributed by atoms with Crippen molar-refractivity contribution < 1.29 is 32.2 Å². The molecule has 9 heteroatoms. The molecule has 1 amide bonds. The van der Waals surface area contributed by atoms with E-state index in [1.807, 2.05) is 32.0 Å². The number of aliphatic imine (C=N–C) groups is 1. The molecule has 6 nitrogen and oxygen atoms in total. The standard InChI is InChI=1S/C28H25F3N2O4/c1-27(2)16-18-10-13-20(36-3)14-22(18)23(33-27)15-24(34)17-8-11-19(12-9-17)32-26(35)21-6-4-5-7-25(21)37-28(29,30)31/h4-14H,15-16H2,1-3H3,(H,32,35). The van der Waals surface area contributed by atoms with Gasteiger partial charge in [-0.15, -0.1) is 13.2 Å². The number of nitrogens with zero attached hydrogens (tertiary/aromatic N) is 1. The quantitative estimate of drug-likeness (QED) is 0.382. The SMILES string of the molecule is COc1ccc2c(c1)C(CC(=O)c1ccc(NC(=O)c3ccccc3OC(F)(F)F)cc1)=NC(C)(C)C2. The van der Waals surface area contributed by atoms with Gasteiger partial charge in [-0.3, -0.25) is 14.6 Å². The number of hydrogen-bond donors (Lipinski definition) is 1. The fraction of sp³-hybridized carbons (Fsp3) is 0.250. The van der Waals surface area contributed by atoms with Crippen molar-refractivity contribution in [2.45, 2.75) is 38.6 Å². The fourth-order valence-electron chi connectivity index (χ4n) is 4.23. The number of Topliss-reactive ketones (excluding diaryl/α,β-unsaturated/α-hetero) is 1. The largest absolute Gasteiger partial charge is 0.573 e. The van der Waals surface area contributed by atoms with E-state index in [1.54, 1.807) is 19.2 Å². The van der Waals surface area contributed by atoms with Gasteiger partial charge in [0.2, 0.25) is 0 Å². The van der Waals surface area contributed by atoms with Gasteiger partial charge in [-0.05, 0) is 74.4 Å². The lowest BCUT2D eigenvalue weighted by Crippen LogP contribution is -2.30. The summed E-state index contributed by atoms with van der Waals surface area (Å²) in [6, 6.07) is 17.0. The van der Waals surface area contributed by atoms with Crippen molar-refractivity contribution in [3.05, 3.63) is 89.0 Å². The number of ketones is 1. The van der Waals surface area contributed by atoms with Gasteiger partial charge in [0.05, 0.1) is 30.3 Å². The minimum absolute atomic E-state index is 0.0808. The first-order valence-electron chi connectivity index (χ1n) is 11.5. The van der Waals surface area contributed by atoms with Gasteiger partial charge in [-0.25, -0.2) is 0 Å². The van der Waals surface area contributed by atoms with Crippen molar-refractivity contribution in [1.29, 1.82) is 0 Å². The lowest BCUT2D eigenvalue weighted by atomic mass is 9.85. The number of ether oxygens (including phenoxy) is 2. The minimum Gasteiger partial charge on any atom is -0.497 e. The summed E-state index contributed by atoms with van der Waals surface area (Å²) in [6.07, 6.45) is -4.10. The molecule has 0 fully saturated rings. The van der Waals surface area contributed by atoms with Crippen molar-refractivity contribution in [2.24, 2.45) is 4.99 Å². The smallest absolute Gasteiger partial charge is 0.497 e. The number of hydrogen-bond acceptors (Lipinski definition) is 5. The molecule has 37 heavy (non-hydrogen) atoms. The van der Waals surface area contributed by atoms with Gasteiger partial charge in [0.1, 0.15) is 11.5 Å². The molecule has 1 aliphatic rings. The molecule has 4 rings (SSSR count). The highest BCUT2D eigenvalue weighted by atomic mass is 19.4. The van der Waals surface area contributed by atoms with Crippen molar-refractivity contribution in [1.82, 2.24) is 0 Å². The molecule has 192 valence electrons. The molecule has 0 bridgehead atoms. The topological polar surface area (TPSA) is 77.0 Å². The summed E-state index contributed by atoms with van der Waals surface area (Å²) >= 11 is 0. The number of anilines is 1. The molecule has 3 aromatic rings. The molecule has 0 aromatic heterocycles. The first kappa shape index (κ1) is 25.9. The number of alkyl halides is 3. The number of rotatable bonds is 7. The number of amides is 1. The molecule has 0 atom stereocenters. The Labute approximate surface area is 212 Å². The van der Waals surface area contributed by atoms with Crippen LogP contribution in [0.1, 0.15) is 52.1 Å². The Morgan fingerprint density at radius 1 is 1.03 bits per heavy atom. The molecule has 1 aliphatic heterocycles. The Hall–Kier alpha value is -4.14. The number of carbonyl (C=O) groups excluding carboxylic acids is 2. The lowest BCUT2D eigenvalue weighted by molar-refractivity contribution is -0.274. The van der Waals surface area contributed by atoms with Gasteiger partial charge < -0.3 is 14.8 Å². The van der Waals surface area contributed by atoms with Crippen LogP contribution in [-0.2, 0) is 6.42 Å². The lowest BCUT2D eigenvalue weighted by Gasteiger charge is -2.29. The van der Waals surface area contributed by atoms with Crippen LogP contribution < -0.4 is 14.8 Å². The van der Waals surface area contributed by atoms with E-state index in [-0.39, 0.29) is 23.3 Å². The summed E-state index contributed by atoms with van der Waals surface area (Å²) in [5.74, 6) is -0.858. The van der Waals surface area contributed by atoms with Crippen LogP contribution in [0.2, 0.25) is 0 Å². The fourth-order valence-corrected chi connectivity index (χ4v) is 4.23. The first-order chi connectivity index (χ1) is 17.4. The monoisotopic (exact) mass is 510 g/mol. The number of halogens is 3. The predicted octanol–water partition coefficient (Wildman–Crippen LogP) is 6.24. The van der Waals surface area contributed by atoms with E-state index in [0.29, 0.717) is 22.7 Å². The van der Waals surface area contributed by atoms with E-state index in [2.05, 4.69) is 10.1 Å². The molecule has 0 saturated heterocycles. The molecular formula is C28H25F3N2O4. The summed E-state index contributed by atoms with van der Waals surface area (Å²) < 4.78 is 47.3. The van der Waals surface area contributed by atoms with Crippen LogP contribution >= 0.6 is 0 Å². The highest BCUT2D eigenvalue weighted by Crippen LogP contribution is 2.31. The van der Waals surface area contributed by atoms with Crippen molar-refractivity contribution in [3.8, 4) is 11.5 Å². The second-order valence-electron chi connectivity index (χ2n) is 9.25. The first-order valence-corrected chi connectivity index (χ1v) is 11.5. The van der Waals surface area contributed by atoms with Gasteiger partial charge in [-0.1, -0.05) is 18.2 Å². The van der Waals surface area contributed by atoms with Crippen LogP contribution in [0.25, 0.3) is 0 Å². The zero-order chi connectivity index (χ0) is 26.8. The third-order valence-corrected chi connectivity index (χ3v) is 5.84. The number of carbonyl (C=O) groups is 2. The molecule has 1 heterocycles. The van der Waals surface area contributed by atoms with E-state index >= 15 is 0 Å². The number of fused-ring (bicyclic) bond motifs is 1. The minimum atomic E-state index is -4.93. The van der Waals surface area contributed by atoms with Crippen LogP contribution in [0.3, 0.4) is 0 Å². The Morgan fingerprint density at radius 2 is 1.73 bits per heavy atom. The van der Waals surface area contributed by atoms with Crippen LogP contribution in [0, 0.1) is 0 Å². The van der Waals surface area contributed by atoms with Crippen LogP contribution in [0.15, 0.2) is 71.7 Å². The number of nitrogens with one attached hydrogen (secondary N) is 1. The Morgan fingerprint density at radius 3 is 2.41 bits per heavy atom. The van der Waals surface area contributed by atoms with Crippen molar-refractivity contribution in [2.75, 3.05) is 12.4 Å². The average molecular weight is 511 g/mol. The van der Waals surface area contributed by atoms with Gasteiger partial charge in [0.25, 0.3) is 5.91 Å². The second-order valence-corrected chi connectivity index (χ2v) is 9.25. The maximum Gasteiger partial charge on any atom is 0.573 e. The highest BCUT2D eigenvalue weighted by Gasteiger charge is 2.33. The maximum absolute atomic E-state index is 13.1. The second kappa shape index (κ2) is 10.1. The van der Waals surface area contributed by atoms with Crippen molar-refractivity contribution >= 4 is 23.1 Å². The van der Waals surface area contributed by atoms with Crippen LogP contribution in [-0.4, -0.2) is 36.4 Å². The summed E-state index contributed by atoms with van der Waals surface area (Å²) in [7, 11) is 1.58. The van der Waals surface area contributed by atoms with Gasteiger partial charge in [0.15, 0.2) is 5.78 Å². The van der Waals surface area contributed by atoms with Crippen molar-refractivity contribution in [3.63, 3.8) is 0 Å². The third kappa shape index (κ3) is 6.35. The van der Waals surface area contributed by atoms with Crippen LogP contribution in [0.5, 0.6) is 11.5 Å². The van der Waals surface area contributed by atoms with E-state index in [1.165, 1.54) is 30.3 Å². The van der Waals surface area contributed by atoms with E-state index in [0.717, 1.165) is 23.6 Å². The summed E-state index contributed by atoms with van der Waals surface area (Å²) in [5, 5.41) is 2.53. The maximum atomic E-state index is 13.1. The number of benzene rings is 3. The molecule has 0 aliphatic carbocycles. The zero-order valence-corrected chi connectivity index (χ0v) is 20.5. The average Bonchev–Trinajstić information content (AvgIpc) is 2.83. The molecule has 0 radical (unpaired) electrons.